The molecule has 0 atom stereocenters. The molecule has 1 aliphatic heterocycles. The van der Waals surface area contributed by atoms with E-state index in [1.807, 2.05) is 24.3 Å². The zero-order valence-corrected chi connectivity index (χ0v) is 12.1. The minimum atomic E-state index is -0.422. The molecule has 1 amide bonds. The fraction of sp³-hybridized carbons (Fsp3) is 0.235. The number of carbonyl (C=O) groups excluding carboxylic acids is 1. The lowest BCUT2D eigenvalue weighted by Crippen LogP contribution is -2.36. The molecule has 0 unspecified atom stereocenters. The van der Waals surface area contributed by atoms with Gasteiger partial charge in [-0.3, -0.25) is 4.79 Å². The van der Waals surface area contributed by atoms with Gasteiger partial charge in [-0.2, -0.15) is 0 Å². The molecule has 1 heterocycles. The van der Waals surface area contributed by atoms with Crippen LogP contribution >= 0.6 is 0 Å². The summed E-state index contributed by atoms with van der Waals surface area (Å²) in [6.07, 6.45) is 0. The van der Waals surface area contributed by atoms with Crippen LogP contribution in [0.3, 0.4) is 0 Å². The molecule has 2 aromatic carbocycles. The number of rotatable bonds is 3. The highest BCUT2D eigenvalue weighted by Crippen LogP contribution is 2.21. The number of ether oxygens (including phenoxy) is 1. The Morgan fingerprint density at radius 1 is 1.09 bits per heavy atom. The van der Waals surface area contributed by atoms with Gasteiger partial charge in [-0.1, -0.05) is 12.1 Å². The lowest BCUT2D eigenvalue weighted by Gasteiger charge is -2.29. The summed E-state index contributed by atoms with van der Waals surface area (Å²) < 4.78 is 18.5. The van der Waals surface area contributed by atoms with E-state index in [-0.39, 0.29) is 5.91 Å². The molecule has 1 aliphatic rings. The van der Waals surface area contributed by atoms with E-state index in [1.54, 1.807) is 6.07 Å². The zero-order valence-electron chi connectivity index (χ0n) is 12.1. The predicted octanol–water partition coefficient (Wildman–Crippen LogP) is 2.91. The third-order valence-corrected chi connectivity index (χ3v) is 3.57. The van der Waals surface area contributed by atoms with Crippen LogP contribution in [0, 0.1) is 5.82 Å². The largest absolute Gasteiger partial charge is 0.378 e. The fourth-order valence-electron chi connectivity index (χ4n) is 2.43. The lowest BCUT2D eigenvalue weighted by atomic mass is 10.2. The van der Waals surface area contributed by atoms with Gasteiger partial charge in [-0.05, 0) is 36.4 Å². The van der Waals surface area contributed by atoms with E-state index in [1.165, 1.54) is 18.2 Å². The quantitative estimate of drug-likeness (QED) is 0.947. The molecule has 2 aromatic rings. The van der Waals surface area contributed by atoms with Crippen LogP contribution in [-0.4, -0.2) is 32.2 Å². The summed E-state index contributed by atoms with van der Waals surface area (Å²) in [7, 11) is 0. The maximum absolute atomic E-state index is 13.2. The van der Waals surface area contributed by atoms with Gasteiger partial charge in [-0.15, -0.1) is 0 Å². The maximum atomic E-state index is 13.2. The van der Waals surface area contributed by atoms with Gasteiger partial charge >= 0.3 is 0 Å². The van der Waals surface area contributed by atoms with Gasteiger partial charge in [0.1, 0.15) is 5.82 Å². The molecule has 114 valence electrons. The predicted molar refractivity (Wildman–Crippen MR) is 83.8 cm³/mol. The second-order valence-electron chi connectivity index (χ2n) is 5.11. The number of hydrogen-bond donors (Lipinski definition) is 1. The number of amides is 1. The molecule has 0 saturated carbocycles. The fourth-order valence-corrected chi connectivity index (χ4v) is 2.43. The van der Waals surface area contributed by atoms with Crippen LogP contribution in [0.2, 0.25) is 0 Å². The smallest absolute Gasteiger partial charge is 0.255 e. The third kappa shape index (κ3) is 3.43. The van der Waals surface area contributed by atoms with Gasteiger partial charge in [0.15, 0.2) is 0 Å². The number of carbonyl (C=O) groups is 1. The summed E-state index contributed by atoms with van der Waals surface area (Å²) in [5.41, 5.74) is 2.04. The first-order valence-corrected chi connectivity index (χ1v) is 7.22. The van der Waals surface area contributed by atoms with Crippen molar-refractivity contribution in [3.8, 4) is 0 Å². The third-order valence-electron chi connectivity index (χ3n) is 3.57. The van der Waals surface area contributed by atoms with Crippen LogP contribution in [0.4, 0.5) is 15.8 Å². The van der Waals surface area contributed by atoms with Crippen LogP contribution in [0.5, 0.6) is 0 Å². The normalized spacial score (nSPS) is 14.7. The van der Waals surface area contributed by atoms with E-state index in [2.05, 4.69) is 10.2 Å². The van der Waals surface area contributed by atoms with E-state index < -0.39 is 5.82 Å². The molecule has 3 rings (SSSR count). The minimum Gasteiger partial charge on any atom is -0.378 e. The van der Waals surface area contributed by atoms with Gasteiger partial charge in [-0.25, -0.2) is 4.39 Å². The van der Waals surface area contributed by atoms with E-state index in [4.69, 9.17) is 4.74 Å². The molecule has 0 radical (unpaired) electrons. The summed E-state index contributed by atoms with van der Waals surface area (Å²) in [5, 5.41) is 2.80. The summed E-state index contributed by atoms with van der Waals surface area (Å²) in [4.78, 5) is 14.4. The Morgan fingerprint density at radius 3 is 2.64 bits per heavy atom. The van der Waals surface area contributed by atoms with Crippen molar-refractivity contribution in [1.82, 2.24) is 0 Å². The Bertz CT molecular complexity index is 669. The lowest BCUT2D eigenvalue weighted by molar-refractivity contribution is 0.102. The Balaban J connectivity index is 1.73. The van der Waals surface area contributed by atoms with Crippen molar-refractivity contribution in [2.45, 2.75) is 0 Å². The molecule has 1 N–H and O–H groups in total. The van der Waals surface area contributed by atoms with E-state index in [9.17, 15) is 9.18 Å². The number of hydrogen-bond acceptors (Lipinski definition) is 3. The van der Waals surface area contributed by atoms with Gasteiger partial charge in [0.2, 0.25) is 0 Å². The van der Waals surface area contributed by atoms with Crippen molar-refractivity contribution in [3.05, 3.63) is 59.9 Å². The SMILES string of the molecule is O=C(Nc1cccc(N2CCOCC2)c1)c1cccc(F)c1. The van der Waals surface area contributed by atoms with Crippen molar-refractivity contribution in [2.75, 3.05) is 36.5 Å². The number of anilines is 2. The second kappa shape index (κ2) is 6.58. The van der Waals surface area contributed by atoms with E-state index in [0.717, 1.165) is 18.8 Å². The van der Waals surface area contributed by atoms with Gasteiger partial charge in [0, 0.05) is 30.0 Å². The molecule has 0 bridgehead atoms. The van der Waals surface area contributed by atoms with E-state index in [0.29, 0.717) is 24.5 Å². The highest BCUT2D eigenvalue weighted by molar-refractivity contribution is 6.04. The summed E-state index contributed by atoms with van der Waals surface area (Å²) in [6.45, 7) is 3.09. The standard InChI is InChI=1S/C17H17FN2O2/c18-14-4-1-3-13(11-14)17(21)19-15-5-2-6-16(12-15)20-7-9-22-10-8-20/h1-6,11-12H,7-10H2,(H,19,21). The highest BCUT2D eigenvalue weighted by atomic mass is 19.1. The van der Waals surface area contributed by atoms with Crippen LogP contribution in [0.1, 0.15) is 10.4 Å². The summed E-state index contributed by atoms with van der Waals surface area (Å²) >= 11 is 0. The Labute approximate surface area is 128 Å². The van der Waals surface area contributed by atoms with Gasteiger partial charge in [0.25, 0.3) is 5.91 Å². The Kier molecular flexibility index (Phi) is 4.34. The molecule has 0 aliphatic carbocycles. The highest BCUT2D eigenvalue weighted by Gasteiger charge is 2.12. The first-order chi connectivity index (χ1) is 10.7. The van der Waals surface area contributed by atoms with Crippen molar-refractivity contribution < 1.29 is 13.9 Å². The van der Waals surface area contributed by atoms with Crippen molar-refractivity contribution in [2.24, 2.45) is 0 Å². The van der Waals surface area contributed by atoms with Crippen molar-refractivity contribution >= 4 is 17.3 Å². The van der Waals surface area contributed by atoms with E-state index >= 15 is 0 Å². The minimum absolute atomic E-state index is 0.303. The average molecular weight is 300 g/mol. The molecular formula is C17H17FN2O2. The topological polar surface area (TPSA) is 41.6 Å². The van der Waals surface area contributed by atoms with Crippen molar-refractivity contribution in [3.63, 3.8) is 0 Å². The molecule has 22 heavy (non-hydrogen) atoms. The molecule has 0 spiro atoms. The summed E-state index contributed by atoms with van der Waals surface area (Å²) in [5.74, 6) is -0.742. The first-order valence-electron chi connectivity index (χ1n) is 7.22. The molecule has 5 heteroatoms. The van der Waals surface area contributed by atoms with Crippen LogP contribution in [0.15, 0.2) is 48.5 Å². The van der Waals surface area contributed by atoms with Crippen molar-refractivity contribution in [1.29, 1.82) is 0 Å². The van der Waals surface area contributed by atoms with Crippen LogP contribution < -0.4 is 10.2 Å². The Morgan fingerprint density at radius 2 is 1.86 bits per heavy atom. The number of halogens is 1. The van der Waals surface area contributed by atoms with Crippen LogP contribution in [0.25, 0.3) is 0 Å². The number of nitrogens with one attached hydrogen (secondary N) is 1. The number of benzene rings is 2. The second-order valence-corrected chi connectivity index (χ2v) is 5.11. The molecular weight excluding hydrogens is 283 g/mol. The summed E-state index contributed by atoms with van der Waals surface area (Å²) in [6, 6.07) is 13.3. The Hall–Kier alpha value is -2.40. The van der Waals surface area contributed by atoms with Gasteiger partial charge < -0.3 is 15.0 Å². The molecule has 4 nitrogen and oxygen atoms in total. The van der Waals surface area contributed by atoms with Crippen LogP contribution in [-0.2, 0) is 4.74 Å². The number of nitrogens with zero attached hydrogens (tertiary/aromatic N) is 1. The number of morpholine rings is 1. The monoisotopic (exact) mass is 300 g/mol. The maximum Gasteiger partial charge on any atom is 0.255 e. The molecule has 1 fully saturated rings. The average Bonchev–Trinajstić information content (AvgIpc) is 2.56. The zero-order chi connectivity index (χ0) is 15.4. The van der Waals surface area contributed by atoms with Gasteiger partial charge in [0.05, 0.1) is 13.2 Å². The molecule has 0 aromatic heterocycles. The first kappa shape index (κ1) is 14.5. The molecule has 1 saturated heterocycles.